The molecule has 98 valence electrons. The fourth-order valence-corrected chi connectivity index (χ4v) is 2.05. The summed E-state index contributed by atoms with van der Waals surface area (Å²) in [6.07, 6.45) is -1.33. The third-order valence-electron chi connectivity index (χ3n) is 3.07. The number of rotatable bonds is 3. The number of hydrogen-bond acceptors (Lipinski definition) is 2. The van der Waals surface area contributed by atoms with Gasteiger partial charge in [0, 0.05) is 17.3 Å². The van der Waals surface area contributed by atoms with Gasteiger partial charge < -0.3 is 11.1 Å². The summed E-state index contributed by atoms with van der Waals surface area (Å²) in [6.45, 7) is 0. The Labute approximate surface area is 108 Å². The molecule has 0 radical (unpaired) electrons. The highest BCUT2D eigenvalue weighted by Gasteiger charge is 2.34. The zero-order chi connectivity index (χ0) is 13.3. The topological polar surface area (TPSA) is 38.0 Å². The maximum atomic E-state index is 12.9. The first-order valence-electron chi connectivity index (χ1n) is 5.65. The molecule has 2 nitrogen and oxygen atoms in total. The van der Waals surface area contributed by atoms with Gasteiger partial charge in [-0.25, -0.2) is 0 Å². The minimum Gasteiger partial charge on any atom is -0.389 e. The van der Waals surface area contributed by atoms with E-state index in [1.807, 2.05) is 0 Å². The van der Waals surface area contributed by atoms with Crippen LogP contribution in [0.25, 0.3) is 0 Å². The van der Waals surface area contributed by atoms with Crippen molar-refractivity contribution in [3.63, 3.8) is 0 Å². The molecule has 2 rings (SSSR count). The largest absolute Gasteiger partial charge is 0.417 e. The van der Waals surface area contributed by atoms with E-state index in [0.717, 1.165) is 25.3 Å². The molecular weight excluding hydrogens is 261 g/mol. The molecule has 0 aliphatic heterocycles. The maximum absolute atomic E-state index is 12.9. The monoisotopic (exact) mass is 274 g/mol. The molecule has 0 atom stereocenters. The Kier molecular flexibility index (Phi) is 3.47. The van der Waals surface area contributed by atoms with E-state index in [0.29, 0.717) is 5.69 Å². The van der Waals surface area contributed by atoms with Gasteiger partial charge in [-0.15, -0.1) is 0 Å². The van der Waals surface area contributed by atoms with Crippen LogP contribution in [-0.4, -0.2) is 11.0 Å². The van der Waals surface area contributed by atoms with Crippen LogP contribution in [-0.2, 0) is 6.18 Å². The van der Waals surface area contributed by atoms with Crippen molar-refractivity contribution >= 4 is 22.9 Å². The van der Waals surface area contributed by atoms with Gasteiger partial charge >= 0.3 is 6.18 Å². The molecule has 1 saturated carbocycles. The van der Waals surface area contributed by atoms with E-state index in [-0.39, 0.29) is 16.6 Å². The molecule has 0 spiro atoms. The average molecular weight is 274 g/mol. The zero-order valence-electron chi connectivity index (χ0n) is 9.55. The lowest BCUT2D eigenvalue weighted by Gasteiger charge is -2.28. The van der Waals surface area contributed by atoms with Gasteiger partial charge in [-0.3, -0.25) is 0 Å². The van der Waals surface area contributed by atoms with Crippen molar-refractivity contribution in [3.05, 3.63) is 29.3 Å². The molecule has 3 N–H and O–H groups in total. The molecule has 0 amide bonds. The van der Waals surface area contributed by atoms with Crippen LogP contribution in [0.3, 0.4) is 0 Å². The normalized spacial score (nSPS) is 16.2. The van der Waals surface area contributed by atoms with Crippen LogP contribution in [0, 0.1) is 0 Å². The molecule has 1 aromatic carbocycles. The van der Waals surface area contributed by atoms with E-state index in [4.69, 9.17) is 5.73 Å². The van der Waals surface area contributed by atoms with Crippen molar-refractivity contribution in [2.24, 2.45) is 5.73 Å². The van der Waals surface area contributed by atoms with Crippen molar-refractivity contribution in [2.45, 2.75) is 31.5 Å². The number of nitrogens with one attached hydrogen (secondary N) is 1. The van der Waals surface area contributed by atoms with Gasteiger partial charge in [-0.05, 0) is 37.5 Å². The summed E-state index contributed by atoms with van der Waals surface area (Å²) in [5.41, 5.74) is 4.87. The number of anilines is 1. The van der Waals surface area contributed by atoms with Crippen molar-refractivity contribution in [1.82, 2.24) is 0 Å². The number of halogens is 3. The highest BCUT2D eigenvalue weighted by molar-refractivity contribution is 7.80. The minimum atomic E-state index is -4.45. The smallest absolute Gasteiger partial charge is 0.389 e. The number of hydrogen-bond donors (Lipinski definition) is 2. The molecule has 0 saturated heterocycles. The van der Waals surface area contributed by atoms with E-state index in [2.05, 4.69) is 17.5 Å². The fraction of sp³-hybridized carbons (Fsp3) is 0.417. The van der Waals surface area contributed by atoms with Gasteiger partial charge in [0.05, 0.1) is 5.56 Å². The fourth-order valence-electron chi connectivity index (χ4n) is 1.87. The van der Waals surface area contributed by atoms with Crippen molar-refractivity contribution in [3.8, 4) is 0 Å². The number of benzene rings is 1. The molecule has 0 bridgehead atoms. The molecule has 0 aromatic heterocycles. The molecule has 18 heavy (non-hydrogen) atoms. The van der Waals surface area contributed by atoms with Gasteiger partial charge in [-0.1, -0.05) is 12.2 Å². The second-order valence-corrected chi connectivity index (χ2v) is 4.83. The second-order valence-electron chi connectivity index (χ2n) is 4.39. The number of thiocarbonyl (C=S) groups is 1. The van der Waals surface area contributed by atoms with E-state index in [1.54, 1.807) is 6.07 Å². The lowest BCUT2D eigenvalue weighted by molar-refractivity contribution is -0.137. The van der Waals surface area contributed by atoms with Gasteiger partial charge in [0.25, 0.3) is 0 Å². The standard InChI is InChI=1S/C12H13F3N2S/c13-12(14,15)10-6-8(17-7-2-1-3-7)4-5-9(10)11(16)18/h4-7,17H,1-3H2,(H2,16,18). The van der Waals surface area contributed by atoms with Crippen LogP contribution >= 0.6 is 12.2 Å². The summed E-state index contributed by atoms with van der Waals surface area (Å²) in [5.74, 6) is 0. The first kappa shape index (κ1) is 13.1. The van der Waals surface area contributed by atoms with Crippen LogP contribution in [0.1, 0.15) is 30.4 Å². The Hall–Kier alpha value is -1.30. The zero-order valence-corrected chi connectivity index (χ0v) is 10.4. The minimum absolute atomic E-state index is 0.128. The summed E-state index contributed by atoms with van der Waals surface area (Å²) in [5, 5.41) is 3.07. The third kappa shape index (κ3) is 2.75. The Balaban J connectivity index is 2.32. The summed E-state index contributed by atoms with van der Waals surface area (Å²) in [7, 11) is 0. The number of alkyl halides is 3. The van der Waals surface area contributed by atoms with Crippen molar-refractivity contribution in [2.75, 3.05) is 5.32 Å². The van der Waals surface area contributed by atoms with Crippen LogP contribution in [0.2, 0.25) is 0 Å². The quantitative estimate of drug-likeness (QED) is 0.830. The van der Waals surface area contributed by atoms with Crippen LogP contribution in [0.15, 0.2) is 18.2 Å². The molecule has 0 unspecified atom stereocenters. The predicted molar refractivity (Wildman–Crippen MR) is 68.6 cm³/mol. The Morgan fingerprint density at radius 1 is 1.33 bits per heavy atom. The summed E-state index contributed by atoms with van der Waals surface area (Å²) in [6, 6.07) is 4.27. The van der Waals surface area contributed by atoms with E-state index < -0.39 is 11.7 Å². The lowest BCUT2D eigenvalue weighted by atomic mass is 9.92. The summed E-state index contributed by atoms with van der Waals surface area (Å²) < 4.78 is 38.6. The van der Waals surface area contributed by atoms with Gasteiger partial charge in [0.1, 0.15) is 4.99 Å². The molecule has 1 aliphatic rings. The van der Waals surface area contributed by atoms with Crippen molar-refractivity contribution < 1.29 is 13.2 Å². The third-order valence-corrected chi connectivity index (χ3v) is 3.29. The Morgan fingerprint density at radius 3 is 2.44 bits per heavy atom. The molecule has 1 aromatic rings. The summed E-state index contributed by atoms with van der Waals surface area (Å²) in [4.78, 5) is -0.238. The molecular formula is C12H13F3N2S. The first-order chi connectivity index (χ1) is 8.38. The van der Waals surface area contributed by atoms with E-state index in [1.165, 1.54) is 6.07 Å². The summed E-state index contributed by atoms with van der Waals surface area (Å²) >= 11 is 4.64. The highest BCUT2D eigenvalue weighted by atomic mass is 32.1. The SMILES string of the molecule is NC(=S)c1ccc(NC2CCC2)cc1C(F)(F)F. The molecule has 1 fully saturated rings. The van der Waals surface area contributed by atoms with Crippen molar-refractivity contribution in [1.29, 1.82) is 0 Å². The molecule has 1 aliphatic carbocycles. The second kappa shape index (κ2) is 4.76. The van der Waals surface area contributed by atoms with Crippen LogP contribution < -0.4 is 11.1 Å². The molecule has 6 heteroatoms. The maximum Gasteiger partial charge on any atom is 0.417 e. The Bertz CT molecular complexity index is 467. The highest BCUT2D eigenvalue weighted by Crippen LogP contribution is 2.34. The average Bonchev–Trinajstić information content (AvgIpc) is 2.22. The lowest BCUT2D eigenvalue weighted by Crippen LogP contribution is -2.27. The molecule has 0 heterocycles. The first-order valence-corrected chi connectivity index (χ1v) is 6.06. The van der Waals surface area contributed by atoms with Gasteiger partial charge in [-0.2, -0.15) is 13.2 Å². The van der Waals surface area contributed by atoms with E-state index >= 15 is 0 Å². The van der Waals surface area contributed by atoms with Gasteiger partial charge in [0.2, 0.25) is 0 Å². The van der Waals surface area contributed by atoms with Gasteiger partial charge in [0.15, 0.2) is 0 Å². The van der Waals surface area contributed by atoms with Crippen LogP contribution in [0.5, 0.6) is 0 Å². The van der Waals surface area contributed by atoms with Crippen LogP contribution in [0.4, 0.5) is 18.9 Å². The Morgan fingerprint density at radius 2 is 2.00 bits per heavy atom. The van der Waals surface area contributed by atoms with E-state index in [9.17, 15) is 13.2 Å². The predicted octanol–water partition coefficient (Wildman–Crippen LogP) is 3.30. The number of nitrogens with two attached hydrogens (primary N) is 1.